The lowest BCUT2D eigenvalue weighted by molar-refractivity contribution is -0.156. The summed E-state index contributed by atoms with van der Waals surface area (Å²) in [5.74, 6) is -1.11. The molecule has 0 bridgehead atoms. The molecule has 0 aliphatic carbocycles. The minimum atomic E-state index is -1.41. The van der Waals surface area contributed by atoms with Crippen LogP contribution in [0.5, 0.6) is 0 Å². The summed E-state index contributed by atoms with van der Waals surface area (Å²) in [7, 11) is 0. The molecule has 0 heterocycles. The normalized spacial score (nSPS) is 15.9. The van der Waals surface area contributed by atoms with Gasteiger partial charge in [-0.3, -0.25) is 9.59 Å². The molecular weight excluding hydrogens is 284 g/mol. The van der Waals surface area contributed by atoms with Crippen LogP contribution < -0.4 is 0 Å². The number of azo groups is 1. The minimum Gasteiger partial charge on any atom is -0.431 e. The Labute approximate surface area is 130 Å². The van der Waals surface area contributed by atoms with Crippen molar-refractivity contribution >= 4 is 11.9 Å². The molecule has 0 saturated carbocycles. The Balaban J connectivity index is 5.71. The molecule has 6 nitrogen and oxygen atoms in total. The van der Waals surface area contributed by atoms with Gasteiger partial charge >= 0.3 is 11.9 Å². The predicted molar refractivity (Wildman–Crippen MR) is 83.9 cm³/mol. The molecule has 6 heteroatoms. The molecule has 0 fully saturated rings. The molecule has 0 aliphatic heterocycles. The summed E-state index contributed by atoms with van der Waals surface area (Å²) in [5.41, 5.74) is -2.83. The van der Waals surface area contributed by atoms with Crippen molar-refractivity contribution in [3.63, 3.8) is 0 Å². The van der Waals surface area contributed by atoms with Crippen molar-refractivity contribution in [1.29, 1.82) is 0 Å². The summed E-state index contributed by atoms with van der Waals surface area (Å²) < 4.78 is 10.3. The Morgan fingerprint density at radius 3 is 1.36 bits per heavy atom. The first-order chi connectivity index (χ1) is 10.3. The van der Waals surface area contributed by atoms with Gasteiger partial charge in [0.05, 0.1) is 0 Å². The van der Waals surface area contributed by atoms with Crippen molar-refractivity contribution in [1.82, 2.24) is 0 Å². The molecule has 0 radical (unpaired) electrons. The summed E-state index contributed by atoms with van der Waals surface area (Å²) in [4.78, 5) is 22.5. The largest absolute Gasteiger partial charge is 0.431 e. The number of hydrogen-bond donors (Lipinski definition) is 0. The van der Waals surface area contributed by atoms with E-state index in [-0.39, 0.29) is 12.8 Å². The molecule has 2 atom stereocenters. The van der Waals surface area contributed by atoms with E-state index in [4.69, 9.17) is 9.47 Å². The molecule has 2 unspecified atom stereocenters. The number of ether oxygens (including phenoxy) is 2. The Hall–Kier alpha value is -2.50. The molecule has 0 saturated heterocycles. The monoisotopic (exact) mass is 306 g/mol. The van der Waals surface area contributed by atoms with Gasteiger partial charge in [0.2, 0.25) is 11.4 Å². The van der Waals surface area contributed by atoms with Crippen molar-refractivity contribution in [2.45, 2.75) is 38.1 Å². The second-order valence-corrected chi connectivity index (χ2v) is 4.47. The van der Waals surface area contributed by atoms with Crippen LogP contribution in [0.2, 0.25) is 0 Å². The third-order valence-electron chi connectivity index (χ3n) is 2.54. The van der Waals surface area contributed by atoms with E-state index < -0.39 is 23.4 Å². The van der Waals surface area contributed by atoms with Crippen LogP contribution in [0.4, 0.5) is 0 Å². The van der Waals surface area contributed by atoms with Gasteiger partial charge in [-0.05, 0) is 12.2 Å². The topological polar surface area (TPSA) is 77.3 Å². The number of esters is 2. The first-order valence-corrected chi connectivity index (χ1v) is 6.61. The van der Waals surface area contributed by atoms with Crippen molar-refractivity contribution in [3.8, 4) is 0 Å². The van der Waals surface area contributed by atoms with Crippen LogP contribution in [0.1, 0.15) is 26.7 Å². The summed E-state index contributed by atoms with van der Waals surface area (Å²) >= 11 is 0. The highest BCUT2D eigenvalue weighted by Gasteiger charge is 2.33. The Morgan fingerprint density at radius 1 is 0.864 bits per heavy atom. The molecule has 0 aromatic carbocycles. The molecule has 0 N–H and O–H groups in total. The van der Waals surface area contributed by atoms with Gasteiger partial charge in [0.1, 0.15) is 0 Å². The second kappa shape index (κ2) is 8.71. The Morgan fingerprint density at radius 2 is 1.18 bits per heavy atom. The van der Waals surface area contributed by atoms with Gasteiger partial charge < -0.3 is 9.47 Å². The van der Waals surface area contributed by atoms with Crippen molar-refractivity contribution < 1.29 is 19.1 Å². The zero-order valence-electron chi connectivity index (χ0n) is 13.1. The smallest absolute Gasteiger partial charge is 0.305 e. The lowest BCUT2D eigenvalue weighted by Gasteiger charge is -2.27. The van der Waals surface area contributed by atoms with Gasteiger partial charge in [0, 0.05) is 26.7 Å². The molecule has 0 spiro atoms. The van der Waals surface area contributed by atoms with E-state index in [2.05, 4.69) is 36.5 Å². The van der Waals surface area contributed by atoms with E-state index in [9.17, 15) is 9.59 Å². The third-order valence-corrected chi connectivity index (χ3v) is 2.54. The van der Waals surface area contributed by atoms with Gasteiger partial charge in [-0.15, -0.1) is 23.4 Å². The number of carbonyl (C=O) groups excluding carboxylic acids is 2. The Kier molecular flexibility index (Phi) is 7.72. The van der Waals surface area contributed by atoms with E-state index >= 15 is 0 Å². The fourth-order valence-electron chi connectivity index (χ4n) is 1.62. The molecular formula is C16H22N2O4. The number of hydrogen-bond acceptors (Lipinski definition) is 6. The van der Waals surface area contributed by atoms with Gasteiger partial charge in [-0.1, -0.05) is 25.3 Å². The van der Waals surface area contributed by atoms with Crippen molar-refractivity contribution in [2.75, 3.05) is 0 Å². The summed E-state index contributed by atoms with van der Waals surface area (Å²) in [6.07, 6.45) is 6.02. The van der Waals surface area contributed by atoms with Crippen molar-refractivity contribution in [3.05, 3.63) is 50.6 Å². The van der Waals surface area contributed by atoms with Crippen LogP contribution in [-0.4, -0.2) is 23.4 Å². The van der Waals surface area contributed by atoms with Crippen LogP contribution in [0.25, 0.3) is 0 Å². The van der Waals surface area contributed by atoms with Crippen LogP contribution in [-0.2, 0) is 19.1 Å². The predicted octanol–water partition coefficient (Wildman–Crippen LogP) is 3.48. The van der Waals surface area contributed by atoms with E-state index in [0.29, 0.717) is 0 Å². The van der Waals surface area contributed by atoms with E-state index in [1.54, 1.807) is 0 Å². The molecule has 22 heavy (non-hydrogen) atoms. The van der Waals surface area contributed by atoms with E-state index in [1.807, 2.05) is 0 Å². The lowest BCUT2D eigenvalue weighted by Crippen LogP contribution is -2.33. The average Bonchev–Trinajstić information content (AvgIpc) is 2.44. The highest BCUT2D eigenvalue weighted by Crippen LogP contribution is 2.27. The fraction of sp³-hybridized carbons (Fsp3) is 0.375. The zero-order valence-corrected chi connectivity index (χ0v) is 13.1. The maximum absolute atomic E-state index is 11.3. The first-order valence-electron chi connectivity index (χ1n) is 6.61. The first kappa shape index (κ1) is 19.5. The molecule has 0 aromatic rings. The van der Waals surface area contributed by atoms with E-state index in [1.165, 1.54) is 38.2 Å². The van der Waals surface area contributed by atoms with Crippen LogP contribution in [0.15, 0.2) is 60.8 Å². The number of rotatable bonds is 10. The van der Waals surface area contributed by atoms with E-state index in [0.717, 1.165) is 0 Å². The quantitative estimate of drug-likeness (QED) is 0.352. The minimum absolute atomic E-state index is 0.168. The number of carbonyl (C=O) groups is 2. The molecule has 0 amide bonds. The van der Waals surface area contributed by atoms with Crippen LogP contribution >= 0.6 is 0 Å². The van der Waals surface area contributed by atoms with Gasteiger partial charge in [-0.25, -0.2) is 0 Å². The highest BCUT2D eigenvalue weighted by molar-refractivity contribution is 5.67. The SMILES string of the molecule is C=CCC(C=C)(N=NC(C=C)(CC=C)OC(C)=O)OC(C)=O. The zero-order chi connectivity index (χ0) is 17.2. The molecule has 120 valence electrons. The lowest BCUT2D eigenvalue weighted by atomic mass is 10.1. The highest BCUT2D eigenvalue weighted by atomic mass is 16.6. The van der Waals surface area contributed by atoms with Gasteiger partial charge in [-0.2, -0.15) is 0 Å². The van der Waals surface area contributed by atoms with Crippen LogP contribution in [0.3, 0.4) is 0 Å². The second-order valence-electron chi connectivity index (χ2n) is 4.47. The fourth-order valence-corrected chi connectivity index (χ4v) is 1.62. The standard InChI is InChI=1S/C16H22N2O4/c1-7-11-15(9-3,21-13(5)19)17-18-16(10-4,12-8-2)22-14(6)20/h7-10H,1-4,11-12H2,5-6H3. The average molecular weight is 306 g/mol. The molecule has 0 aliphatic rings. The third kappa shape index (κ3) is 5.87. The van der Waals surface area contributed by atoms with Crippen molar-refractivity contribution in [2.24, 2.45) is 10.2 Å². The summed E-state index contributed by atoms with van der Waals surface area (Å²) in [6, 6.07) is 0. The molecule has 0 rings (SSSR count). The summed E-state index contributed by atoms with van der Waals surface area (Å²) in [5, 5.41) is 8.03. The molecule has 0 aromatic heterocycles. The Bertz CT molecular complexity index is 454. The maximum Gasteiger partial charge on any atom is 0.305 e. The van der Waals surface area contributed by atoms with Gasteiger partial charge in [0.25, 0.3) is 0 Å². The van der Waals surface area contributed by atoms with Crippen LogP contribution in [0, 0.1) is 0 Å². The summed E-state index contributed by atoms with van der Waals surface area (Å²) in [6.45, 7) is 16.9. The van der Waals surface area contributed by atoms with Gasteiger partial charge in [0.15, 0.2) is 0 Å². The maximum atomic E-state index is 11.3. The number of nitrogens with zero attached hydrogens (tertiary/aromatic N) is 2.